The van der Waals surface area contributed by atoms with Crippen molar-refractivity contribution in [1.29, 1.82) is 0 Å². The van der Waals surface area contributed by atoms with Crippen molar-refractivity contribution < 1.29 is 33.4 Å². The van der Waals surface area contributed by atoms with Gasteiger partial charge in [0, 0.05) is 21.7 Å². The van der Waals surface area contributed by atoms with E-state index in [2.05, 4.69) is 0 Å². The molecule has 0 radical (unpaired) electrons. The summed E-state index contributed by atoms with van der Waals surface area (Å²) < 4.78 is 16.2. The van der Waals surface area contributed by atoms with Crippen LogP contribution in [0.1, 0.15) is 40.1 Å². The molecule has 0 amide bonds. The molecule has 2 aromatic rings. The van der Waals surface area contributed by atoms with Crippen LogP contribution in [0, 0.1) is 0 Å². The number of hydrogen-bond donors (Lipinski definition) is 0. The van der Waals surface area contributed by atoms with Crippen LogP contribution in [-0.2, 0) is 24.5 Å². The van der Waals surface area contributed by atoms with Crippen LogP contribution in [0.5, 0.6) is 5.75 Å². The number of ether oxygens (including phenoxy) is 3. The molecule has 0 spiro atoms. The van der Waals surface area contributed by atoms with Crippen LogP contribution in [0.2, 0.25) is 5.02 Å². The quantitative estimate of drug-likeness (QED) is 0.530. The largest absolute Gasteiger partial charge is 0.465 e. The van der Waals surface area contributed by atoms with Crippen molar-refractivity contribution >= 4 is 35.1 Å². The van der Waals surface area contributed by atoms with Crippen LogP contribution in [0.25, 0.3) is 0 Å². The highest BCUT2D eigenvalue weighted by molar-refractivity contribution is 6.33. The van der Waals surface area contributed by atoms with E-state index in [1.54, 1.807) is 26.0 Å². The third-order valence-corrected chi connectivity index (χ3v) is 5.41. The molecule has 0 bridgehead atoms. The van der Waals surface area contributed by atoms with Crippen LogP contribution < -0.4 is 4.74 Å². The molecule has 0 unspecified atom stereocenters. The molecule has 31 heavy (non-hydrogen) atoms. The van der Waals surface area contributed by atoms with E-state index in [9.17, 15) is 19.2 Å². The standard InChI is InChI=1S/C23H17ClO7/c1-3-29-21(27)23(22(28)30-4-2)15-10-9-12(24)11-16(15)31-20-17(23)18(25)13-7-5-6-8-14(13)19(20)26/h5-11H,3-4H2,1-2H3. The molecule has 2 aromatic carbocycles. The summed E-state index contributed by atoms with van der Waals surface area (Å²) in [6.45, 7) is 3.00. The topological polar surface area (TPSA) is 96.0 Å². The molecular formula is C23H17ClO7. The summed E-state index contributed by atoms with van der Waals surface area (Å²) in [5.74, 6) is -3.81. The van der Waals surface area contributed by atoms with Gasteiger partial charge in [0.05, 0.1) is 18.8 Å². The fourth-order valence-corrected chi connectivity index (χ4v) is 4.07. The van der Waals surface area contributed by atoms with Gasteiger partial charge in [-0.1, -0.05) is 41.9 Å². The number of benzene rings is 2. The van der Waals surface area contributed by atoms with Gasteiger partial charge in [-0.05, 0) is 26.0 Å². The highest BCUT2D eigenvalue weighted by Crippen LogP contribution is 2.50. The lowest BCUT2D eigenvalue weighted by atomic mass is 9.66. The Kier molecular flexibility index (Phi) is 5.15. The van der Waals surface area contributed by atoms with E-state index in [0.717, 1.165) is 0 Å². The summed E-state index contributed by atoms with van der Waals surface area (Å²) in [5, 5.41) is 0.249. The molecule has 2 aliphatic rings. The number of ketones is 2. The molecule has 1 heterocycles. The van der Waals surface area contributed by atoms with Crippen molar-refractivity contribution in [3.05, 3.63) is 75.5 Å². The van der Waals surface area contributed by atoms with Crippen LogP contribution in [0.4, 0.5) is 0 Å². The molecule has 0 N–H and O–H groups in total. The Labute approximate surface area is 182 Å². The molecule has 7 nitrogen and oxygen atoms in total. The predicted molar refractivity (Wildman–Crippen MR) is 109 cm³/mol. The van der Waals surface area contributed by atoms with E-state index in [4.69, 9.17) is 25.8 Å². The molecule has 0 saturated carbocycles. The van der Waals surface area contributed by atoms with Crippen LogP contribution in [-0.4, -0.2) is 36.7 Å². The molecule has 1 aliphatic carbocycles. The van der Waals surface area contributed by atoms with E-state index >= 15 is 0 Å². The van der Waals surface area contributed by atoms with Crippen molar-refractivity contribution in [1.82, 2.24) is 0 Å². The molecule has 0 saturated heterocycles. The zero-order valence-corrected chi connectivity index (χ0v) is 17.4. The Morgan fingerprint density at radius 3 is 2.10 bits per heavy atom. The van der Waals surface area contributed by atoms with Crippen molar-refractivity contribution in [2.45, 2.75) is 19.3 Å². The zero-order chi connectivity index (χ0) is 22.3. The molecule has 0 atom stereocenters. The van der Waals surface area contributed by atoms with Gasteiger partial charge < -0.3 is 14.2 Å². The lowest BCUT2D eigenvalue weighted by molar-refractivity contribution is -0.162. The van der Waals surface area contributed by atoms with Gasteiger partial charge in [0.1, 0.15) is 5.75 Å². The van der Waals surface area contributed by atoms with Gasteiger partial charge in [-0.3, -0.25) is 19.2 Å². The number of carbonyl (C=O) groups is 4. The average Bonchev–Trinajstić information content (AvgIpc) is 2.76. The first kappa shape index (κ1) is 20.8. The van der Waals surface area contributed by atoms with Gasteiger partial charge in [-0.2, -0.15) is 0 Å². The molecule has 1 aliphatic heterocycles. The maximum Gasteiger partial charge on any atom is 0.333 e. The van der Waals surface area contributed by atoms with Crippen LogP contribution in [0.3, 0.4) is 0 Å². The lowest BCUT2D eigenvalue weighted by Crippen LogP contribution is -2.53. The number of fused-ring (bicyclic) bond motifs is 2. The summed E-state index contributed by atoms with van der Waals surface area (Å²) in [7, 11) is 0. The van der Waals surface area contributed by atoms with Crippen molar-refractivity contribution in [3.63, 3.8) is 0 Å². The number of Topliss-reactive ketones (excluding diaryl/α,β-unsaturated/α-hetero) is 2. The smallest absolute Gasteiger partial charge is 0.333 e. The average molecular weight is 441 g/mol. The highest BCUT2D eigenvalue weighted by atomic mass is 35.5. The monoisotopic (exact) mass is 440 g/mol. The van der Waals surface area contributed by atoms with Crippen molar-refractivity contribution in [2.24, 2.45) is 0 Å². The number of allylic oxidation sites excluding steroid dienone is 1. The number of halogens is 1. The molecule has 8 heteroatoms. The van der Waals surface area contributed by atoms with Crippen molar-refractivity contribution in [2.75, 3.05) is 13.2 Å². The Balaban J connectivity index is 2.11. The Bertz CT molecular complexity index is 1160. The minimum atomic E-state index is -2.33. The molecular weight excluding hydrogens is 424 g/mol. The first-order valence-corrected chi connectivity index (χ1v) is 10.0. The first-order chi connectivity index (χ1) is 14.9. The number of rotatable bonds is 4. The van der Waals surface area contributed by atoms with Crippen LogP contribution >= 0.6 is 11.6 Å². The molecule has 0 aromatic heterocycles. The van der Waals surface area contributed by atoms with Gasteiger partial charge in [-0.15, -0.1) is 0 Å². The number of carbonyl (C=O) groups excluding carboxylic acids is 4. The minimum absolute atomic E-state index is 0.00659. The molecule has 0 fully saturated rings. The summed E-state index contributed by atoms with van der Waals surface area (Å²) in [4.78, 5) is 53.6. The van der Waals surface area contributed by atoms with E-state index in [1.165, 1.54) is 30.3 Å². The SMILES string of the molecule is CCOC(=O)C1(C(=O)OCC)C2=C(Oc3cc(Cl)ccc31)C(=O)c1ccccc1C2=O. The summed E-state index contributed by atoms with van der Waals surface area (Å²) in [6.07, 6.45) is 0. The second-order valence-electron chi connectivity index (χ2n) is 6.84. The summed E-state index contributed by atoms with van der Waals surface area (Å²) in [6, 6.07) is 10.3. The van der Waals surface area contributed by atoms with E-state index in [-0.39, 0.29) is 40.7 Å². The third kappa shape index (κ3) is 2.88. The van der Waals surface area contributed by atoms with E-state index < -0.39 is 40.3 Å². The third-order valence-electron chi connectivity index (χ3n) is 5.17. The van der Waals surface area contributed by atoms with Gasteiger partial charge in [0.2, 0.25) is 11.2 Å². The van der Waals surface area contributed by atoms with Crippen LogP contribution in [0.15, 0.2) is 53.8 Å². The number of esters is 2. The predicted octanol–water partition coefficient (Wildman–Crippen LogP) is 3.43. The lowest BCUT2D eigenvalue weighted by Gasteiger charge is -2.38. The minimum Gasteiger partial charge on any atom is -0.465 e. The van der Waals surface area contributed by atoms with Gasteiger partial charge >= 0.3 is 11.9 Å². The molecule has 4 rings (SSSR count). The van der Waals surface area contributed by atoms with Gasteiger partial charge in [-0.25, -0.2) is 0 Å². The van der Waals surface area contributed by atoms with Crippen molar-refractivity contribution in [3.8, 4) is 5.75 Å². The maximum atomic E-state index is 13.6. The first-order valence-electron chi connectivity index (χ1n) is 9.63. The summed E-state index contributed by atoms with van der Waals surface area (Å²) in [5.41, 5.74) is -2.56. The Morgan fingerprint density at radius 1 is 0.935 bits per heavy atom. The maximum absolute atomic E-state index is 13.6. The fraction of sp³-hybridized carbons (Fsp3) is 0.217. The second-order valence-corrected chi connectivity index (χ2v) is 7.28. The summed E-state index contributed by atoms with van der Waals surface area (Å²) >= 11 is 6.09. The van der Waals surface area contributed by atoms with Gasteiger partial charge in [0.25, 0.3) is 0 Å². The number of hydrogen-bond acceptors (Lipinski definition) is 7. The molecule has 158 valence electrons. The second kappa shape index (κ2) is 7.67. The highest BCUT2D eigenvalue weighted by Gasteiger charge is 2.62. The van der Waals surface area contributed by atoms with E-state index in [0.29, 0.717) is 0 Å². The van der Waals surface area contributed by atoms with E-state index in [1.807, 2.05) is 0 Å². The zero-order valence-electron chi connectivity index (χ0n) is 16.7. The Hall–Kier alpha value is -3.45. The normalized spacial score (nSPS) is 16.0. The Morgan fingerprint density at radius 2 is 1.52 bits per heavy atom. The fourth-order valence-electron chi connectivity index (χ4n) is 3.91. The van der Waals surface area contributed by atoms with Gasteiger partial charge in [0.15, 0.2) is 11.5 Å².